The van der Waals surface area contributed by atoms with Crippen molar-refractivity contribution < 1.29 is 13.6 Å². The molecular weight excluding hydrogens is 364 g/mol. The minimum atomic E-state index is -2.59. The molecule has 1 aromatic rings. The summed E-state index contributed by atoms with van der Waals surface area (Å²) in [5.74, 6) is -2.20. The Balaban J connectivity index is 1.30. The fourth-order valence-corrected chi connectivity index (χ4v) is 4.53. The smallest absolute Gasteiger partial charge is 0.256 e. The molecule has 4 rings (SSSR count). The van der Waals surface area contributed by atoms with E-state index in [2.05, 4.69) is 14.9 Å². The molecule has 6 nitrogen and oxygen atoms in total. The standard InChI is InChI=1S/C20H29F2N5O/c21-20(22)6-12-27(13-7-20)19-23-14-16(15-24-19)18(28)26-10-4-17(5-11-26)25-8-2-1-3-9-25/h14-15,17H,1-13H2. The second kappa shape index (κ2) is 8.27. The number of likely N-dealkylation sites (tertiary alicyclic amines) is 2. The zero-order chi connectivity index (χ0) is 19.6. The third-order valence-electron chi connectivity index (χ3n) is 6.32. The molecule has 1 amide bonds. The fraction of sp³-hybridized carbons (Fsp3) is 0.750. The Bertz CT molecular complexity index is 660. The summed E-state index contributed by atoms with van der Waals surface area (Å²) in [5, 5.41) is 0. The minimum absolute atomic E-state index is 0.0335. The van der Waals surface area contributed by atoms with Gasteiger partial charge in [-0.1, -0.05) is 6.42 Å². The van der Waals surface area contributed by atoms with Crippen LogP contribution < -0.4 is 4.90 Å². The molecule has 28 heavy (non-hydrogen) atoms. The lowest BCUT2D eigenvalue weighted by molar-refractivity contribution is -0.0222. The third kappa shape index (κ3) is 4.42. The van der Waals surface area contributed by atoms with Gasteiger partial charge < -0.3 is 14.7 Å². The number of rotatable bonds is 3. The largest absolute Gasteiger partial charge is 0.340 e. The molecule has 0 aromatic carbocycles. The van der Waals surface area contributed by atoms with Gasteiger partial charge in [0, 0.05) is 57.5 Å². The zero-order valence-electron chi connectivity index (χ0n) is 16.3. The van der Waals surface area contributed by atoms with Crippen molar-refractivity contribution in [1.82, 2.24) is 19.8 Å². The van der Waals surface area contributed by atoms with Crippen LogP contribution in [0.4, 0.5) is 14.7 Å². The second-order valence-corrected chi connectivity index (χ2v) is 8.23. The van der Waals surface area contributed by atoms with E-state index in [0.29, 0.717) is 17.6 Å². The van der Waals surface area contributed by atoms with Crippen molar-refractivity contribution in [3.05, 3.63) is 18.0 Å². The topological polar surface area (TPSA) is 52.6 Å². The Morgan fingerprint density at radius 3 is 2.14 bits per heavy atom. The van der Waals surface area contributed by atoms with Crippen LogP contribution in [0.2, 0.25) is 0 Å². The van der Waals surface area contributed by atoms with Crippen LogP contribution in [0.1, 0.15) is 55.3 Å². The summed E-state index contributed by atoms with van der Waals surface area (Å²) >= 11 is 0. The highest BCUT2D eigenvalue weighted by atomic mass is 19.3. The van der Waals surface area contributed by atoms with E-state index in [-0.39, 0.29) is 31.8 Å². The number of anilines is 1. The first kappa shape index (κ1) is 19.5. The van der Waals surface area contributed by atoms with Crippen molar-refractivity contribution in [2.24, 2.45) is 0 Å². The third-order valence-corrected chi connectivity index (χ3v) is 6.32. The van der Waals surface area contributed by atoms with Gasteiger partial charge in [-0.25, -0.2) is 18.7 Å². The lowest BCUT2D eigenvalue weighted by Gasteiger charge is -2.40. The van der Waals surface area contributed by atoms with Crippen molar-refractivity contribution >= 4 is 11.9 Å². The van der Waals surface area contributed by atoms with E-state index in [0.717, 1.165) is 25.9 Å². The van der Waals surface area contributed by atoms with Crippen LogP contribution in [0.3, 0.4) is 0 Å². The Hall–Kier alpha value is -1.83. The molecule has 3 saturated heterocycles. The maximum absolute atomic E-state index is 13.3. The zero-order valence-corrected chi connectivity index (χ0v) is 16.3. The van der Waals surface area contributed by atoms with E-state index in [1.54, 1.807) is 4.90 Å². The molecule has 0 saturated carbocycles. The number of hydrogen-bond acceptors (Lipinski definition) is 5. The van der Waals surface area contributed by atoms with Crippen LogP contribution in [0.15, 0.2) is 12.4 Å². The highest BCUT2D eigenvalue weighted by molar-refractivity contribution is 5.93. The van der Waals surface area contributed by atoms with Gasteiger partial charge in [-0.2, -0.15) is 0 Å². The summed E-state index contributed by atoms with van der Waals surface area (Å²) in [6, 6.07) is 0.597. The Morgan fingerprint density at radius 2 is 1.54 bits per heavy atom. The molecule has 0 spiro atoms. The number of halogens is 2. The lowest BCUT2D eigenvalue weighted by Crippen LogP contribution is -2.48. The van der Waals surface area contributed by atoms with Gasteiger partial charge in [-0.05, 0) is 38.8 Å². The van der Waals surface area contributed by atoms with Gasteiger partial charge in [-0.3, -0.25) is 4.79 Å². The van der Waals surface area contributed by atoms with Gasteiger partial charge in [0.2, 0.25) is 5.95 Å². The summed E-state index contributed by atoms with van der Waals surface area (Å²) in [6.45, 7) is 4.40. The van der Waals surface area contributed by atoms with E-state index >= 15 is 0 Å². The maximum atomic E-state index is 13.3. The van der Waals surface area contributed by atoms with Crippen molar-refractivity contribution in [3.63, 3.8) is 0 Å². The van der Waals surface area contributed by atoms with Gasteiger partial charge in [-0.15, -0.1) is 0 Å². The Kier molecular flexibility index (Phi) is 5.75. The molecule has 0 aliphatic carbocycles. The van der Waals surface area contributed by atoms with Crippen molar-refractivity contribution in [1.29, 1.82) is 0 Å². The van der Waals surface area contributed by atoms with E-state index in [9.17, 15) is 13.6 Å². The SMILES string of the molecule is O=C(c1cnc(N2CCC(F)(F)CC2)nc1)N1CCC(N2CCCCC2)CC1. The molecular formula is C20H29F2N5O. The average Bonchev–Trinajstić information content (AvgIpc) is 2.74. The number of piperidine rings is 3. The molecule has 154 valence electrons. The van der Waals surface area contributed by atoms with E-state index in [1.807, 2.05) is 4.90 Å². The minimum Gasteiger partial charge on any atom is -0.340 e. The number of nitrogens with zero attached hydrogens (tertiary/aromatic N) is 5. The molecule has 1 aromatic heterocycles. The average molecular weight is 393 g/mol. The number of hydrogen-bond donors (Lipinski definition) is 0. The summed E-state index contributed by atoms with van der Waals surface area (Å²) in [7, 11) is 0. The molecule has 4 heterocycles. The maximum Gasteiger partial charge on any atom is 0.256 e. The number of carbonyl (C=O) groups is 1. The van der Waals surface area contributed by atoms with Crippen LogP contribution in [-0.2, 0) is 0 Å². The quantitative estimate of drug-likeness (QED) is 0.791. The Morgan fingerprint density at radius 1 is 0.929 bits per heavy atom. The molecule has 0 bridgehead atoms. The highest BCUT2D eigenvalue weighted by Crippen LogP contribution is 2.29. The summed E-state index contributed by atoms with van der Waals surface area (Å²) in [4.78, 5) is 27.5. The molecule has 3 aliphatic rings. The van der Waals surface area contributed by atoms with E-state index in [4.69, 9.17) is 0 Å². The first-order chi connectivity index (χ1) is 13.5. The first-order valence-corrected chi connectivity index (χ1v) is 10.5. The van der Waals surface area contributed by atoms with Crippen LogP contribution in [0.5, 0.6) is 0 Å². The molecule has 8 heteroatoms. The van der Waals surface area contributed by atoms with E-state index in [1.165, 1.54) is 44.7 Å². The summed E-state index contributed by atoms with van der Waals surface area (Å²) in [5.41, 5.74) is 0.475. The van der Waals surface area contributed by atoms with Crippen LogP contribution in [0.25, 0.3) is 0 Å². The molecule has 3 fully saturated rings. The highest BCUT2D eigenvalue weighted by Gasteiger charge is 2.35. The summed E-state index contributed by atoms with van der Waals surface area (Å²) < 4.78 is 26.6. The van der Waals surface area contributed by atoms with Gasteiger partial charge in [0.25, 0.3) is 11.8 Å². The molecule has 3 aliphatic heterocycles. The van der Waals surface area contributed by atoms with Crippen molar-refractivity contribution in [2.75, 3.05) is 44.2 Å². The second-order valence-electron chi connectivity index (χ2n) is 8.23. The Labute approximate surface area is 164 Å². The van der Waals surface area contributed by atoms with Crippen molar-refractivity contribution in [2.45, 2.75) is 56.9 Å². The van der Waals surface area contributed by atoms with Crippen LogP contribution in [0, 0.1) is 0 Å². The predicted octanol–water partition coefficient (Wildman–Crippen LogP) is 2.80. The number of amides is 1. The molecule has 0 N–H and O–H groups in total. The number of aromatic nitrogens is 2. The summed E-state index contributed by atoms with van der Waals surface area (Å²) in [6.07, 6.45) is 8.67. The normalized spacial score (nSPS) is 24.4. The van der Waals surface area contributed by atoms with Gasteiger partial charge >= 0.3 is 0 Å². The van der Waals surface area contributed by atoms with E-state index < -0.39 is 5.92 Å². The number of alkyl halides is 2. The van der Waals surface area contributed by atoms with Gasteiger partial charge in [0.15, 0.2) is 0 Å². The van der Waals surface area contributed by atoms with Crippen molar-refractivity contribution in [3.8, 4) is 0 Å². The molecule has 0 atom stereocenters. The first-order valence-electron chi connectivity index (χ1n) is 10.5. The van der Waals surface area contributed by atoms with Gasteiger partial charge in [0.1, 0.15) is 0 Å². The monoisotopic (exact) mass is 393 g/mol. The molecule has 0 radical (unpaired) electrons. The lowest BCUT2D eigenvalue weighted by atomic mass is 9.99. The fourth-order valence-electron chi connectivity index (χ4n) is 4.53. The van der Waals surface area contributed by atoms with Gasteiger partial charge in [0.05, 0.1) is 5.56 Å². The van der Waals surface area contributed by atoms with Crippen LogP contribution >= 0.6 is 0 Å². The molecule has 0 unspecified atom stereocenters. The predicted molar refractivity (Wildman–Crippen MR) is 103 cm³/mol. The number of carbonyl (C=O) groups excluding carboxylic acids is 1. The van der Waals surface area contributed by atoms with Crippen LogP contribution in [-0.4, -0.2) is 76.9 Å².